The van der Waals surface area contributed by atoms with Gasteiger partial charge in [-0.05, 0) is 12.8 Å². The zero-order chi connectivity index (χ0) is 16.7. The highest BCUT2D eigenvalue weighted by Gasteiger charge is 2.58. The molecule has 0 radical (unpaired) electrons. The number of thiazole rings is 1. The number of hydrogen-bond donors (Lipinski definition) is 1. The van der Waals surface area contributed by atoms with Crippen LogP contribution in [0.1, 0.15) is 30.7 Å². The second-order valence-corrected chi connectivity index (χ2v) is 8.43. The number of aromatic nitrogens is 1. The summed E-state index contributed by atoms with van der Waals surface area (Å²) in [6.45, 7) is 2.92. The summed E-state index contributed by atoms with van der Waals surface area (Å²) < 4.78 is 0. The standard InChI is InChI=1S/C17H23N3O3S/c21-15(12-3-1-2-4-12)20-8-13-7-19(9-14-18-5-6-24-14)10-17(13,11-20)16(22)23/h5-6,12-13H,1-4,7-11H2,(H,22,23)/t13-,17-/m0/s1. The average Bonchev–Trinajstić information content (AvgIpc) is 3.30. The Labute approximate surface area is 145 Å². The molecule has 2 aliphatic heterocycles. The van der Waals surface area contributed by atoms with Gasteiger partial charge in [-0.1, -0.05) is 12.8 Å². The summed E-state index contributed by atoms with van der Waals surface area (Å²) in [6, 6.07) is 0. The van der Waals surface area contributed by atoms with E-state index in [1.54, 1.807) is 17.5 Å². The zero-order valence-electron chi connectivity index (χ0n) is 13.7. The lowest BCUT2D eigenvalue weighted by atomic mass is 9.81. The molecule has 1 aromatic heterocycles. The number of fused-ring (bicyclic) bond motifs is 1. The van der Waals surface area contributed by atoms with Crippen molar-refractivity contribution in [2.45, 2.75) is 32.2 Å². The quantitative estimate of drug-likeness (QED) is 0.895. The van der Waals surface area contributed by atoms with Gasteiger partial charge in [0.1, 0.15) is 10.4 Å². The maximum atomic E-state index is 12.7. The van der Waals surface area contributed by atoms with Crippen molar-refractivity contribution in [1.82, 2.24) is 14.8 Å². The van der Waals surface area contributed by atoms with Gasteiger partial charge in [-0.25, -0.2) is 4.98 Å². The molecule has 4 rings (SSSR count). The summed E-state index contributed by atoms with van der Waals surface area (Å²) in [6.07, 6.45) is 5.97. The number of hydrogen-bond acceptors (Lipinski definition) is 5. The van der Waals surface area contributed by atoms with E-state index in [1.165, 1.54) is 0 Å². The number of aliphatic carboxylic acids is 1. The number of carbonyl (C=O) groups is 2. The molecule has 1 amide bonds. The first kappa shape index (κ1) is 16.0. The van der Waals surface area contributed by atoms with Crippen LogP contribution in [0.3, 0.4) is 0 Å². The molecule has 7 heteroatoms. The zero-order valence-corrected chi connectivity index (χ0v) is 14.5. The SMILES string of the molecule is O=C(C1CCCC1)N1C[C@@H]2CN(Cc3nccs3)C[C@]2(C(=O)O)C1. The van der Waals surface area contributed by atoms with E-state index < -0.39 is 11.4 Å². The van der Waals surface area contributed by atoms with Gasteiger partial charge >= 0.3 is 5.97 Å². The smallest absolute Gasteiger partial charge is 0.313 e. The molecule has 0 bridgehead atoms. The summed E-state index contributed by atoms with van der Waals surface area (Å²) >= 11 is 1.60. The molecule has 130 valence electrons. The van der Waals surface area contributed by atoms with Crippen LogP contribution in [0.15, 0.2) is 11.6 Å². The van der Waals surface area contributed by atoms with Gasteiger partial charge in [-0.15, -0.1) is 11.3 Å². The largest absolute Gasteiger partial charge is 0.481 e. The van der Waals surface area contributed by atoms with Gasteiger partial charge in [-0.3, -0.25) is 14.5 Å². The first-order valence-corrected chi connectivity index (χ1v) is 9.59. The van der Waals surface area contributed by atoms with Crippen LogP contribution in [0.2, 0.25) is 0 Å². The predicted molar refractivity (Wildman–Crippen MR) is 89.5 cm³/mol. The maximum absolute atomic E-state index is 12.7. The minimum atomic E-state index is -0.800. The lowest BCUT2D eigenvalue weighted by Gasteiger charge is -2.26. The van der Waals surface area contributed by atoms with Crippen molar-refractivity contribution in [3.8, 4) is 0 Å². The number of rotatable bonds is 4. The predicted octanol–water partition coefficient (Wildman–Crippen LogP) is 1.68. The van der Waals surface area contributed by atoms with Gasteiger partial charge in [0.05, 0.1) is 6.54 Å². The van der Waals surface area contributed by atoms with Crippen molar-refractivity contribution in [2.24, 2.45) is 17.3 Å². The number of carboxylic acid groups (broad SMARTS) is 1. The Balaban J connectivity index is 1.47. The Bertz CT molecular complexity index is 629. The molecular weight excluding hydrogens is 326 g/mol. The van der Waals surface area contributed by atoms with E-state index in [-0.39, 0.29) is 17.7 Å². The van der Waals surface area contributed by atoms with Crippen LogP contribution in [0, 0.1) is 17.3 Å². The van der Waals surface area contributed by atoms with Gasteiger partial charge in [0.2, 0.25) is 5.91 Å². The van der Waals surface area contributed by atoms with Crippen LogP contribution in [-0.2, 0) is 16.1 Å². The minimum Gasteiger partial charge on any atom is -0.481 e. The molecule has 1 aliphatic carbocycles. The van der Waals surface area contributed by atoms with Crippen LogP contribution in [-0.4, -0.2) is 57.9 Å². The third-order valence-corrected chi connectivity index (χ3v) is 6.73. The highest BCUT2D eigenvalue weighted by atomic mass is 32.1. The van der Waals surface area contributed by atoms with Gasteiger partial charge in [0.25, 0.3) is 0 Å². The topological polar surface area (TPSA) is 73.7 Å². The Morgan fingerprint density at radius 1 is 1.29 bits per heavy atom. The first-order valence-electron chi connectivity index (χ1n) is 8.71. The fourth-order valence-corrected chi connectivity index (χ4v) is 5.37. The van der Waals surface area contributed by atoms with Gasteiger partial charge in [0, 0.05) is 49.6 Å². The molecule has 2 saturated heterocycles. The number of amides is 1. The molecule has 1 saturated carbocycles. The lowest BCUT2D eigenvalue weighted by Crippen LogP contribution is -2.42. The van der Waals surface area contributed by atoms with E-state index >= 15 is 0 Å². The molecule has 24 heavy (non-hydrogen) atoms. The Hall–Kier alpha value is -1.47. The third-order valence-electron chi connectivity index (χ3n) is 5.96. The number of nitrogens with zero attached hydrogens (tertiary/aromatic N) is 3. The van der Waals surface area contributed by atoms with Crippen molar-refractivity contribution in [3.05, 3.63) is 16.6 Å². The summed E-state index contributed by atoms with van der Waals surface area (Å²) in [5.74, 6) is -0.411. The van der Waals surface area contributed by atoms with Crippen LogP contribution in [0.5, 0.6) is 0 Å². The third kappa shape index (κ3) is 2.63. The second-order valence-electron chi connectivity index (χ2n) is 7.45. The summed E-state index contributed by atoms with van der Waals surface area (Å²) in [5.41, 5.74) is -0.800. The van der Waals surface area contributed by atoms with Gasteiger partial charge in [0.15, 0.2) is 0 Å². The van der Waals surface area contributed by atoms with Crippen molar-refractivity contribution < 1.29 is 14.7 Å². The average molecular weight is 349 g/mol. The van der Waals surface area contributed by atoms with Crippen LogP contribution < -0.4 is 0 Å². The van der Waals surface area contributed by atoms with Crippen LogP contribution in [0.4, 0.5) is 0 Å². The highest BCUT2D eigenvalue weighted by molar-refractivity contribution is 7.09. The molecule has 0 aromatic carbocycles. The fourth-order valence-electron chi connectivity index (χ4n) is 4.71. The van der Waals surface area contributed by atoms with Gasteiger partial charge < -0.3 is 10.0 Å². The monoisotopic (exact) mass is 349 g/mol. The Morgan fingerprint density at radius 2 is 2.08 bits per heavy atom. The molecule has 0 spiro atoms. The maximum Gasteiger partial charge on any atom is 0.313 e. The van der Waals surface area contributed by atoms with E-state index in [1.807, 2.05) is 10.3 Å². The van der Waals surface area contributed by atoms with E-state index in [2.05, 4.69) is 9.88 Å². The summed E-state index contributed by atoms with van der Waals surface area (Å²) in [7, 11) is 0. The Morgan fingerprint density at radius 3 is 2.71 bits per heavy atom. The van der Waals surface area contributed by atoms with E-state index in [0.29, 0.717) is 26.2 Å². The molecular formula is C17H23N3O3S. The lowest BCUT2D eigenvalue weighted by molar-refractivity contribution is -0.149. The number of carboxylic acids is 1. The molecule has 2 atom stereocenters. The second kappa shape index (κ2) is 6.11. The minimum absolute atomic E-state index is 0.0281. The van der Waals surface area contributed by atoms with Gasteiger partial charge in [-0.2, -0.15) is 0 Å². The van der Waals surface area contributed by atoms with Crippen molar-refractivity contribution in [3.63, 3.8) is 0 Å². The number of likely N-dealkylation sites (tertiary alicyclic amines) is 2. The highest BCUT2D eigenvalue weighted by Crippen LogP contribution is 2.44. The van der Waals surface area contributed by atoms with E-state index in [0.717, 1.165) is 37.2 Å². The van der Waals surface area contributed by atoms with Crippen LogP contribution >= 0.6 is 11.3 Å². The number of carbonyl (C=O) groups excluding carboxylic acids is 1. The van der Waals surface area contributed by atoms with Crippen molar-refractivity contribution in [1.29, 1.82) is 0 Å². The molecule has 0 unspecified atom stereocenters. The van der Waals surface area contributed by atoms with E-state index in [9.17, 15) is 14.7 Å². The van der Waals surface area contributed by atoms with Crippen molar-refractivity contribution >= 4 is 23.2 Å². The molecule has 1 N–H and O–H groups in total. The fraction of sp³-hybridized carbons (Fsp3) is 0.706. The molecule has 3 heterocycles. The van der Waals surface area contributed by atoms with Crippen molar-refractivity contribution in [2.75, 3.05) is 26.2 Å². The molecule has 1 aromatic rings. The normalized spacial score (nSPS) is 30.8. The molecule has 3 fully saturated rings. The van der Waals surface area contributed by atoms with Crippen LogP contribution in [0.25, 0.3) is 0 Å². The summed E-state index contributed by atoms with van der Waals surface area (Å²) in [4.78, 5) is 33.1. The van der Waals surface area contributed by atoms with E-state index in [4.69, 9.17) is 0 Å². The molecule has 3 aliphatic rings. The molecule has 6 nitrogen and oxygen atoms in total. The first-order chi connectivity index (χ1) is 11.6. The summed E-state index contributed by atoms with van der Waals surface area (Å²) in [5, 5.41) is 12.9. The Kier molecular flexibility index (Phi) is 4.08.